The summed E-state index contributed by atoms with van der Waals surface area (Å²) in [6, 6.07) is 4.57. The molecule has 0 bridgehead atoms. The lowest BCUT2D eigenvalue weighted by Crippen LogP contribution is -2.39. The first kappa shape index (κ1) is 16.9. The normalized spacial score (nSPS) is 11.8. The van der Waals surface area contributed by atoms with Crippen molar-refractivity contribution >= 4 is 37.5 Å². The molecular weight excluding hydrogens is 346 g/mol. The number of nitrogen functional groups attached to an aromatic ring is 1. The minimum atomic E-state index is -3.84. The van der Waals surface area contributed by atoms with Gasteiger partial charge in [0.05, 0.1) is 12.2 Å². The van der Waals surface area contributed by atoms with Crippen molar-refractivity contribution in [3.63, 3.8) is 0 Å². The maximum atomic E-state index is 12.6. The van der Waals surface area contributed by atoms with Crippen LogP contribution in [0.5, 0.6) is 0 Å². The predicted molar refractivity (Wildman–Crippen MR) is 81.4 cm³/mol. The lowest BCUT2D eigenvalue weighted by atomic mass is 10.3. The fourth-order valence-corrected chi connectivity index (χ4v) is 3.76. The lowest BCUT2D eigenvalue weighted by molar-refractivity contribution is -0.118. The van der Waals surface area contributed by atoms with Crippen molar-refractivity contribution in [3.05, 3.63) is 22.7 Å². The summed E-state index contributed by atoms with van der Waals surface area (Å²) < 4.78 is 26.8. The van der Waals surface area contributed by atoms with Crippen LogP contribution in [-0.2, 0) is 14.8 Å². The van der Waals surface area contributed by atoms with Gasteiger partial charge in [0.2, 0.25) is 15.9 Å². The summed E-state index contributed by atoms with van der Waals surface area (Å²) in [6.45, 7) is 1.81. The Hall–Kier alpha value is -1.12. The zero-order valence-corrected chi connectivity index (χ0v) is 13.6. The second-order valence-electron chi connectivity index (χ2n) is 4.34. The highest BCUT2D eigenvalue weighted by atomic mass is 79.9. The van der Waals surface area contributed by atoms with E-state index in [2.05, 4.69) is 15.9 Å². The van der Waals surface area contributed by atoms with Gasteiger partial charge in [-0.1, -0.05) is 29.3 Å². The van der Waals surface area contributed by atoms with Crippen molar-refractivity contribution in [2.45, 2.75) is 24.7 Å². The van der Waals surface area contributed by atoms with Crippen LogP contribution in [0.2, 0.25) is 0 Å². The fraction of sp³-hybridized carbons (Fsp3) is 0.417. The molecule has 20 heavy (non-hydrogen) atoms. The molecule has 0 unspecified atom stereocenters. The molecule has 0 aliphatic heterocycles. The van der Waals surface area contributed by atoms with Gasteiger partial charge in [0, 0.05) is 11.0 Å². The number of nitrogens with zero attached hydrogens (tertiary/aromatic N) is 1. The maximum Gasteiger partial charge on any atom is 0.245 e. The second-order valence-corrected chi connectivity index (χ2v) is 7.16. The van der Waals surface area contributed by atoms with E-state index in [1.165, 1.54) is 12.1 Å². The van der Waals surface area contributed by atoms with Gasteiger partial charge >= 0.3 is 0 Å². The van der Waals surface area contributed by atoms with E-state index in [0.717, 1.165) is 10.7 Å². The SMILES string of the molecule is CCCCN(CC(N)=O)S(=O)(=O)c1cc(Br)ccc1N. The monoisotopic (exact) mass is 363 g/mol. The van der Waals surface area contributed by atoms with Crippen LogP contribution in [0.3, 0.4) is 0 Å². The van der Waals surface area contributed by atoms with Crippen molar-refractivity contribution in [3.8, 4) is 0 Å². The predicted octanol–water partition coefficient (Wildman–Crippen LogP) is 1.31. The molecule has 8 heteroatoms. The van der Waals surface area contributed by atoms with Gasteiger partial charge < -0.3 is 11.5 Å². The van der Waals surface area contributed by atoms with Crippen LogP contribution in [0.4, 0.5) is 5.69 Å². The zero-order chi connectivity index (χ0) is 15.3. The van der Waals surface area contributed by atoms with Crippen LogP contribution in [0.1, 0.15) is 19.8 Å². The lowest BCUT2D eigenvalue weighted by Gasteiger charge is -2.21. The molecule has 1 rings (SSSR count). The molecule has 0 aromatic heterocycles. The Morgan fingerprint density at radius 2 is 2.05 bits per heavy atom. The molecule has 1 amide bonds. The third kappa shape index (κ3) is 4.19. The number of primary amides is 1. The first-order chi connectivity index (χ1) is 9.28. The van der Waals surface area contributed by atoms with Gasteiger partial charge in [-0.05, 0) is 24.6 Å². The number of carbonyl (C=O) groups excluding carboxylic acids is 1. The Balaban J connectivity index is 3.20. The Bertz CT molecular complexity index is 590. The number of hydrogen-bond donors (Lipinski definition) is 2. The number of carbonyl (C=O) groups is 1. The molecule has 0 fully saturated rings. The average molecular weight is 364 g/mol. The zero-order valence-electron chi connectivity index (χ0n) is 11.2. The summed E-state index contributed by atoms with van der Waals surface area (Å²) in [5.41, 5.74) is 11.0. The number of sulfonamides is 1. The van der Waals surface area contributed by atoms with E-state index in [1.54, 1.807) is 6.07 Å². The van der Waals surface area contributed by atoms with Crippen molar-refractivity contribution in [2.24, 2.45) is 5.73 Å². The summed E-state index contributed by atoms with van der Waals surface area (Å²) in [5, 5.41) is 0. The number of halogens is 1. The number of nitrogens with two attached hydrogens (primary N) is 2. The molecule has 0 aliphatic carbocycles. The fourth-order valence-electron chi connectivity index (χ4n) is 1.66. The van der Waals surface area contributed by atoms with Gasteiger partial charge in [0.25, 0.3) is 0 Å². The molecule has 0 atom stereocenters. The van der Waals surface area contributed by atoms with E-state index in [1.807, 2.05) is 6.92 Å². The summed E-state index contributed by atoms with van der Waals surface area (Å²) in [4.78, 5) is 11.1. The Labute approximate surface area is 127 Å². The van der Waals surface area contributed by atoms with E-state index < -0.39 is 15.9 Å². The number of unbranched alkanes of at least 4 members (excludes halogenated alkanes) is 1. The van der Waals surface area contributed by atoms with Gasteiger partial charge in [0.15, 0.2) is 0 Å². The molecule has 112 valence electrons. The molecule has 0 heterocycles. The van der Waals surface area contributed by atoms with Crippen molar-refractivity contribution in [2.75, 3.05) is 18.8 Å². The highest BCUT2D eigenvalue weighted by Crippen LogP contribution is 2.26. The standard InChI is InChI=1S/C12H18BrN3O3S/c1-2-3-6-16(8-12(15)17)20(18,19)11-7-9(13)4-5-10(11)14/h4-5,7H,2-3,6,8,14H2,1H3,(H2,15,17). The summed E-state index contributed by atoms with van der Waals surface area (Å²) in [7, 11) is -3.84. The van der Waals surface area contributed by atoms with E-state index >= 15 is 0 Å². The number of hydrogen-bond acceptors (Lipinski definition) is 4. The van der Waals surface area contributed by atoms with Gasteiger partial charge in [-0.3, -0.25) is 4.79 Å². The topological polar surface area (TPSA) is 106 Å². The van der Waals surface area contributed by atoms with Gasteiger partial charge in [0.1, 0.15) is 4.90 Å². The Morgan fingerprint density at radius 1 is 1.40 bits per heavy atom. The maximum absolute atomic E-state index is 12.6. The van der Waals surface area contributed by atoms with Crippen LogP contribution < -0.4 is 11.5 Å². The van der Waals surface area contributed by atoms with E-state index in [9.17, 15) is 13.2 Å². The second kappa shape index (κ2) is 7.05. The first-order valence-corrected chi connectivity index (χ1v) is 8.35. The Kier molecular flexibility index (Phi) is 5.97. The minimum Gasteiger partial charge on any atom is -0.398 e. The van der Waals surface area contributed by atoms with Crippen LogP contribution in [0.25, 0.3) is 0 Å². The molecular formula is C12H18BrN3O3S. The van der Waals surface area contributed by atoms with Crippen LogP contribution in [0.15, 0.2) is 27.6 Å². The quantitative estimate of drug-likeness (QED) is 0.712. The third-order valence-corrected chi connectivity index (χ3v) is 5.08. The Morgan fingerprint density at radius 3 is 2.60 bits per heavy atom. The molecule has 6 nitrogen and oxygen atoms in total. The molecule has 4 N–H and O–H groups in total. The van der Waals surface area contributed by atoms with Gasteiger partial charge in [-0.2, -0.15) is 4.31 Å². The molecule has 0 spiro atoms. The van der Waals surface area contributed by atoms with Crippen LogP contribution >= 0.6 is 15.9 Å². The van der Waals surface area contributed by atoms with E-state index in [4.69, 9.17) is 11.5 Å². The summed E-state index contributed by atoms with van der Waals surface area (Å²) >= 11 is 3.21. The molecule has 0 saturated heterocycles. The van der Waals surface area contributed by atoms with Crippen LogP contribution in [0, 0.1) is 0 Å². The van der Waals surface area contributed by atoms with E-state index in [0.29, 0.717) is 10.9 Å². The highest BCUT2D eigenvalue weighted by molar-refractivity contribution is 9.10. The van der Waals surface area contributed by atoms with Crippen molar-refractivity contribution in [1.82, 2.24) is 4.31 Å². The van der Waals surface area contributed by atoms with Crippen molar-refractivity contribution in [1.29, 1.82) is 0 Å². The molecule has 0 aliphatic rings. The first-order valence-electron chi connectivity index (χ1n) is 6.12. The molecule has 1 aromatic rings. The van der Waals surface area contributed by atoms with E-state index in [-0.39, 0.29) is 23.7 Å². The molecule has 0 radical (unpaired) electrons. The van der Waals surface area contributed by atoms with Gasteiger partial charge in [-0.15, -0.1) is 0 Å². The highest BCUT2D eigenvalue weighted by Gasteiger charge is 2.27. The molecule has 0 saturated carbocycles. The minimum absolute atomic E-state index is 0.0239. The third-order valence-electron chi connectivity index (χ3n) is 2.69. The van der Waals surface area contributed by atoms with Gasteiger partial charge in [-0.25, -0.2) is 8.42 Å². The number of rotatable bonds is 7. The summed E-state index contributed by atoms with van der Waals surface area (Å²) in [6.07, 6.45) is 1.44. The van der Waals surface area contributed by atoms with Crippen LogP contribution in [-0.4, -0.2) is 31.7 Å². The smallest absolute Gasteiger partial charge is 0.245 e. The summed E-state index contributed by atoms with van der Waals surface area (Å²) in [5.74, 6) is -0.696. The molecule has 1 aromatic carbocycles. The average Bonchev–Trinajstić information content (AvgIpc) is 2.36. The number of benzene rings is 1. The largest absolute Gasteiger partial charge is 0.398 e. The number of anilines is 1. The van der Waals surface area contributed by atoms with Crippen molar-refractivity contribution < 1.29 is 13.2 Å². The number of amides is 1.